The molecule has 0 saturated heterocycles. The first-order valence-electron chi connectivity index (χ1n) is 19.2. The number of hydrogen-bond acceptors (Lipinski definition) is 7. The van der Waals surface area contributed by atoms with Crippen molar-refractivity contribution in [2.24, 2.45) is 35.0 Å². The van der Waals surface area contributed by atoms with Crippen molar-refractivity contribution in [3.63, 3.8) is 0 Å². The zero-order valence-corrected chi connectivity index (χ0v) is 31.3. The molecule has 7 nitrogen and oxygen atoms in total. The van der Waals surface area contributed by atoms with Crippen LogP contribution in [0.15, 0.2) is 95.2 Å². The Kier molecular flexibility index (Phi) is 13.3. The summed E-state index contributed by atoms with van der Waals surface area (Å²) in [7, 11) is 1.87. The van der Waals surface area contributed by atoms with Crippen LogP contribution in [0.25, 0.3) is 0 Å². The predicted octanol–water partition coefficient (Wildman–Crippen LogP) is 5.56. The minimum Gasteiger partial charge on any atom is -0.396 e. The molecule has 9 atom stereocenters. The van der Waals surface area contributed by atoms with Gasteiger partial charge in [-0.2, -0.15) is 0 Å². The van der Waals surface area contributed by atoms with E-state index >= 15 is 0 Å². The average Bonchev–Trinajstić information content (AvgIpc) is 3.46. The highest BCUT2D eigenvalue weighted by molar-refractivity contribution is 5.74. The Bertz CT molecular complexity index is 1560. The molecule has 4 bridgehead atoms. The molecule has 1 heterocycles. The number of allylic oxidation sites excluding steroid dienone is 9. The van der Waals surface area contributed by atoms with E-state index in [1.807, 2.05) is 32.2 Å². The van der Waals surface area contributed by atoms with Crippen LogP contribution in [0, 0.1) is 35.0 Å². The Morgan fingerprint density at radius 2 is 1.94 bits per heavy atom. The van der Waals surface area contributed by atoms with E-state index in [0.29, 0.717) is 50.3 Å². The summed E-state index contributed by atoms with van der Waals surface area (Å²) in [5, 5.41) is 53.0. The highest BCUT2D eigenvalue weighted by Crippen LogP contribution is 2.67. The third-order valence-electron chi connectivity index (χ3n) is 12.7. The number of rotatable bonds is 11. The third kappa shape index (κ3) is 8.19. The van der Waals surface area contributed by atoms with E-state index in [4.69, 9.17) is 0 Å². The molecule has 4 aliphatic rings. The van der Waals surface area contributed by atoms with Gasteiger partial charge in [-0.3, -0.25) is 4.79 Å². The first-order valence-corrected chi connectivity index (χ1v) is 19.2. The van der Waals surface area contributed by atoms with Crippen LogP contribution < -0.4 is 10.6 Å². The number of fused-ring (bicyclic) bond motifs is 5. The Balaban J connectivity index is 1.45. The standard InChI is InChI=1S/C44H62N2O5/c1-29-12-13-36(24-34-10-7-9-33(23-34)22-32(4)46-26-29)30(2)8-6-11-38(28-49)39-16-18-44(42(39)50)41-35(17-21-47)14-15-37(40(41)31(3)27-48)25-43(44,51)19-20-45-5/h6-12,14-15,23,27,32,35-37,39,41-42,45-47,49-51H,2,13,16-22,24-26,28H2,1,3-5H3/b8-6+,29-12+,38-11-,40-31?/t32-,35+,36+,37-,39-,41-,42+,43+,44+/m0/s1. The molecule has 2 fully saturated rings. The van der Waals surface area contributed by atoms with E-state index in [-0.39, 0.29) is 42.8 Å². The van der Waals surface area contributed by atoms with Crippen molar-refractivity contribution < 1.29 is 25.2 Å². The quantitative estimate of drug-likeness (QED) is 0.0775. The average molecular weight is 699 g/mol. The van der Waals surface area contributed by atoms with Gasteiger partial charge in [0.05, 0.1) is 18.3 Å². The summed E-state index contributed by atoms with van der Waals surface area (Å²) in [5.41, 5.74) is 5.17. The van der Waals surface area contributed by atoms with Crippen LogP contribution in [-0.2, 0) is 17.6 Å². The van der Waals surface area contributed by atoms with Crippen molar-refractivity contribution >= 4 is 6.29 Å². The van der Waals surface area contributed by atoms with Gasteiger partial charge in [-0.1, -0.05) is 84.0 Å². The predicted molar refractivity (Wildman–Crippen MR) is 206 cm³/mol. The fraction of sp³-hybridized carbons (Fsp3) is 0.568. The monoisotopic (exact) mass is 698 g/mol. The summed E-state index contributed by atoms with van der Waals surface area (Å²) in [6.45, 7) is 12.0. The van der Waals surface area contributed by atoms with Crippen molar-refractivity contribution in [2.75, 3.05) is 33.4 Å². The zero-order valence-electron chi connectivity index (χ0n) is 31.3. The molecule has 5 rings (SSSR count). The number of aliphatic hydroxyl groups excluding tert-OH is 3. The van der Waals surface area contributed by atoms with E-state index in [0.717, 1.165) is 48.8 Å². The fourth-order valence-electron chi connectivity index (χ4n) is 10.0. The molecule has 1 spiro atoms. The molecule has 51 heavy (non-hydrogen) atoms. The maximum atomic E-state index is 12.7. The highest BCUT2D eigenvalue weighted by atomic mass is 16.3. The minimum atomic E-state index is -1.21. The number of nitrogens with one attached hydrogen (secondary N) is 2. The van der Waals surface area contributed by atoms with Gasteiger partial charge in [0.25, 0.3) is 0 Å². The van der Waals surface area contributed by atoms with Gasteiger partial charge < -0.3 is 31.1 Å². The first-order chi connectivity index (χ1) is 24.5. The van der Waals surface area contributed by atoms with Crippen molar-refractivity contribution in [3.05, 3.63) is 106 Å². The normalized spacial score (nSPS) is 36.4. The van der Waals surface area contributed by atoms with Crippen LogP contribution in [-0.4, -0.2) is 77.8 Å². The van der Waals surface area contributed by atoms with Crippen LogP contribution in [0.1, 0.15) is 70.4 Å². The van der Waals surface area contributed by atoms with Gasteiger partial charge in [0.1, 0.15) is 6.29 Å². The Morgan fingerprint density at radius 3 is 2.65 bits per heavy atom. The van der Waals surface area contributed by atoms with Crippen molar-refractivity contribution in [3.8, 4) is 0 Å². The summed E-state index contributed by atoms with van der Waals surface area (Å²) in [6, 6.07) is 9.27. The lowest BCUT2D eigenvalue weighted by Crippen LogP contribution is -2.65. The van der Waals surface area contributed by atoms with Gasteiger partial charge in [0.15, 0.2) is 0 Å². The van der Waals surface area contributed by atoms with Crippen LogP contribution in [0.5, 0.6) is 0 Å². The van der Waals surface area contributed by atoms with E-state index in [1.165, 1.54) is 16.7 Å². The Hall–Kier alpha value is -2.91. The highest BCUT2D eigenvalue weighted by Gasteiger charge is 2.68. The number of aldehydes is 1. The fourth-order valence-corrected chi connectivity index (χ4v) is 10.0. The van der Waals surface area contributed by atoms with Gasteiger partial charge >= 0.3 is 0 Å². The Morgan fingerprint density at radius 1 is 1.18 bits per heavy atom. The van der Waals surface area contributed by atoms with Crippen LogP contribution in [0.3, 0.4) is 0 Å². The molecule has 7 heteroatoms. The molecule has 1 aromatic rings. The molecule has 2 saturated carbocycles. The molecule has 0 amide bonds. The van der Waals surface area contributed by atoms with Gasteiger partial charge in [0, 0.05) is 36.4 Å². The molecule has 0 unspecified atom stereocenters. The molecule has 278 valence electrons. The molecule has 1 aromatic carbocycles. The summed E-state index contributed by atoms with van der Waals surface area (Å²) in [5.74, 6) is -0.688. The lowest BCUT2D eigenvalue weighted by molar-refractivity contribution is -0.194. The SMILES string of the molecule is C=C(/C=C/C=C(/CO)[C@@H]1CC[C@]2([C@@H]1O)[C@@H]1C(=C(C)C=O)[C@@H](C=C[C@@H]1CCO)C[C@]2(O)CCNC)[C@@H]1C/C=C(\C)CN[C@@H](C)Cc2cccc(c2)C1. The van der Waals surface area contributed by atoms with Gasteiger partial charge in [0.2, 0.25) is 0 Å². The molecular formula is C44H62N2O5. The largest absolute Gasteiger partial charge is 0.396 e. The summed E-state index contributed by atoms with van der Waals surface area (Å²) in [4.78, 5) is 12.3. The topological polar surface area (TPSA) is 122 Å². The maximum absolute atomic E-state index is 12.7. The molecular weight excluding hydrogens is 636 g/mol. The number of benzene rings is 1. The lowest BCUT2D eigenvalue weighted by Gasteiger charge is -2.61. The number of carbonyl (C=O) groups excluding carboxylic acids is 1. The second-order valence-electron chi connectivity index (χ2n) is 15.9. The van der Waals surface area contributed by atoms with Crippen molar-refractivity contribution in [1.82, 2.24) is 10.6 Å². The summed E-state index contributed by atoms with van der Waals surface area (Å²) < 4.78 is 0. The van der Waals surface area contributed by atoms with Crippen molar-refractivity contribution in [1.29, 1.82) is 0 Å². The van der Waals surface area contributed by atoms with E-state index < -0.39 is 17.1 Å². The van der Waals surface area contributed by atoms with Crippen LogP contribution in [0.2, 0.25) is 0 Å². The number of aliphatic hydroxyl groups is 4. The van der Waals surface area contributed by atoms with E-state index in [9.17, 15) is 25.2 Å². The van der Waals surface area contributed by atoms with Gasteiger partial charge in [-0.15, -0.1) is 0 Å². The summed E-state index contributed by atoms with van der Waals surface area (Å²) in [6.07, 6.45) is 17.7. The lowest BCUT2D eigenvalue weighted by atomic mass is 9.45. The third-order valence-corrected chi connectivity index (χ3v) is 12.7. The Labute approximate surface area is 306 Å². The molecule has 0 aromatic heterocycles. The molecule has 3 aliphatic carbocycles. The zero-order chi connectivity index (χ0) is 36.8. The van der Waals surface area contributed by atoms with E-state index in [1.54, 1.807) is 0 Å². The van der Waals surface area contributed by atoms with Crippen molar-refractivity contribution in [2.45, 2.75) is 89.9 Å². The number of carbonyl (C=O) groups is 1. The van der Waals surface area contributed by atoms with Gasteiger partial charge in [-0.05, 0) is 126 Å². The second-order valence-corrected chi connectivity index (χ2v) is 15.9. The molecule has 0 radical (unpaired) electrons. The minimum absolute atomic E-state index is 0.0253. The summed E-state index contributed by atoms with van der Waals surface area (Å²) >= 11 is 0. The van der Waals surface area contributed by atoms with E-state index in [2.05, 4.69) is 73.6 Å². The maximum Gasteiger partial charge on any atom is 0.145 e. The van der Waals surface area contributed by atoms with Crippen LogP contribution >= 0.6 is 0 Å². The van der Waals surface area contributed by atoms with Gasteiger partial charge in [-0.25, -0.2) is 0 Å². The number of hydrogen-bond donors (Lipinski definition) is 6. The smallest absolute Gasteiger partial charge is 0.145 e. The molecule has 1 aliphatic heterocycles. The molecule has 6 N–H and O–H groups in total. The first kappa shape index (κ1) is 39.3. The van der Waals surface area contributed by atoms with Crippen LogP contribution in [0.4, 0.5) is 0 Å². The second kappa shape index (κ2) is 17.3.